The average molecular weight is 327 g/mol. The Morgan fingerprint density at radius 1 is 1.05 bits per heavy atom. The fourth-order valence-electron chi connectivity index (χ4n) is 3.58. The van der Waals surface area contributed by atoms with Crippen LogP contribution in [0.1, 0.15) is 44.7 Å². The molecule has 0 bridgehead atoms. The molecule has 0 amide bonds. The number of hydrogen-bond acceptors (Lipinski definition) is 0. The molecule has 1 aromatic carbocycles. The van der Waals surface area contributed by atoms with Crippen LogP contribution in [-0.2, 0) is 24.7 Å². The maximum atomic E-state index is 2.43. The fraction of sp³-hybridized carbons (Fsp3) is 0.333. The van der Waals surface area contributed by atoms with Crippen molar-refractivity contribution in [3.05, 3.63) is 61.5 Å². The van der Waals surface area contributed by atoms with Gasteiger partial charge in [0, 0.05) is 0 Å². The van der Waals surface area contributed by atoms with Crippen LogP contribution in [0.4, 0.5) is 0 Å². The Labute approximate surface area is 131 Å². The van der Waals surface area contributed by atoms with E-state index in [4.69, 9.17) is 0 Å². The Kier molecular flexibility index (Phi) is 3.10. The van der Waals surface area contributed by atoms with Gasteiger partial charge in [-0.15, -0.1) is 0 Å². The number of benzene rings is 1. The van der Waals surface area contributed by atoms with E-state index in [1.807, 2.05) is 0 Å². The first-order valence-corrected chi connectivity index (χ1v) is 8.09. The molecule has 95 valence electrons. The first kappa shape index (κ1) is 13.3. The normalized spacial score (nSPS) is 29.3. The predicted molar refractivity (Wildman–Crippen MR) is 77.4 cm³/mol. The van der Waals surface area contributed by atoms with Crippen LogP contribution in [0.25, 0.3) is 6.08 Å². The molecule has 0 saturated carbocycles. The molecule has 2 unspecified atom stereocenters. The molecule has 3 rings (SSSR count). The van der Waals surface area contributed by atoms with Gasteiger partial charge in [-0.3, -0.25) is 0 Å². The third kappa shape index (κ3) is 1.67. The van der Waals surface area contributed by atoms with E-state index in [-0.39, 0.29) is 5.41 Å². The second kappa shape index (κ2) is 4.42. The number of hydrogen-bond donors (Lipinski definition) is 0. The van der Waals surface area contributed by atoms with Crippen LogP contribution in [0.15, 0.2) is 50.3 Å². The predicted octanol–water partition coefficient (Wildman–Crippen LogP) is 4.97. The molecule has 0 saturated heterocycles. The molecule has 0 aliphatic heterocycles. The summed E-state index contributed by atoms with van der Waals surface area (Å²) in [6.45, 7) is 9.33. The third-order valence-corrected chi connectivity index (χ3v) is 7.42. The first-order valence-electron chi connectivity index (χ1n) is 6.86. The van der Waals surface area contributed by atoms with Crippen molar-refractivity contribution in [2.45, 2.75) is 33.6 Å². The molecule has 1 aromatic rings. The molecule has 0 fully saturated rings. The number of fused-ring (bicyclic) bond motifs is 1. The van der Waals surface area contributed by atoms with Gasteiger partial charge in [-0.05, 0) is 0 Å². The summed E-state index contributed by atoms with van der Waals surface area (Å²) in [6, 6.07) is 8.83. The van der Waals surface area contributed by atoms with Gasteiger partial charge in [0.25, 0.3) is 0 Å². The Bertz CT molecular complexity index is 619. The zero-order valence-electron chi connectivity index (χ0n) is 12.0. The molecule has 19 heavy (non-hydrogen) atoms. The molecule has 0 heterocycles. The number of allylic oxidation sites excluding steroid dienone is 5. The van der Waals surface area contributed by atoms with Crippen LogP contribution in [0.5, 0.6) is 0 Å². The van der Waals surface area contributed by atoms with Crippen molar-refractivity contribution in [2.24, 2.45) is 5.41 Å². The van der Waals surface area contributed by atoms with Gasteiger partial charge in [0.05, 0.1) is 0 Å². The van der Waals surface area contributed by atoms with Gasteiger partial charge >= 0.3 is 131 Å². The zero-order valence-corrected chi connectivity index (χ0v) is 14.5. The molecule has 0 spiro atoms. The van der Waals surface area contributed by atoms with Gasteiger partial charge in [-0.1, -0.05) is 0 Å². The van der Waals surface area contributed by atoms with Gasteiger partial charge in [-0.25, -0.2) is 0 Å². The van der Waals surface area contributed by atoms with E-state index < -0.39 is 0 Å². The van der Waals surface area contributed by atoms with Crippen molar-refractivity contribution in [2.75, 3.05) is 0 Å². The minimum absolute atomic E-state index is 0.190. The van der Waals surface area contributed by atoms with Crippen molar-refractivity contribution in [1.82, 2.24) is 0 Å². The summed E-state index contributed by atoms with van der Waals surface area (Å²) < 4.78 is 1.63. The van der Waals surface area contributed by atoms with Crippen molar-refractivity contribution in [3.63, 3.8) is 0 Å². The summed E-state index contributed by atoms with van der Waals surface area (Å²) in [6.07, 6.45) is 4.70. The van der Waals surface area contributed by atoms with Crippen LogP contribution < -0.4 is 0 Å². The summed E-state index contributed by atoms with van der Waals surface area (Å²) in [7, 11) is 0. The van der Waals surface area contributed by atoms with Crippen molar-refractivity contribution >= 4 is 6.08 Å². The van der Waals surface area contributed by atoms with E-state index in [1.165, 1.54) is 22.3 Å². The summed E-state index contributed by atoms with van der Waals surface area (Å²) in [5.74, 6) is 0.505. The first-order chi connectivity index (χ1) is 8.98. The van der Waals surface area contributed by atoms with Crippen molar-refractivity contribution < 1.29 is 24.7 Å². The molecule has 0 aromatic heterocycles. The quantitative estimate of drug-likeness (QED) is 0.683. The van der Waals surface area contributed by atoms with E-state index in [0.717, 1.165) is 0 Å². The molecular formula is C18H19Zr. The van der Waals surface area contributed by atoms with E-state index in [0.29, 0.717) is 5.92 Å². The van der Waals surface area contributed by atoms with Crippen LogP contribution in [0.2, 0.25) is 0 Å². The average Bonchev–Trinajstić information content (AvgIpc) is 2.92. The molecule has 1 heteroatoms. The monoisotopic (exact) mass is 325 g/mol. The van der Waals surface area contributed by atoms with Crippen molar-refractivity contribution in [3.8, 4) is 0 Å². The van der Waals surface area contributed by atoms with Crippen LogP contribution in [0, 0.1) is 5.41 Å². The number of rotatable bonds is 1. The van der Waals surface area contributed by atoms with Gasteiger partial charge in [0.2, 0.25) is 0 Å². The van der Waals surface area contributed by atoms with Gasteiger partial charge in [0.1, 0.15) is 0 Å². The zero-order chi connectivity index (χ0) is 13.8. The Morgan fingerprint density at radius 3 is 2.37 bits per heavy atom. The molecule has 2 atom stereocenters. The van der Waals surface area contributed by atoms with Crippen LogP contribution in [-0.4, -0.2) is 0 Å². The molecule has 0 N–H and O–H groups in total. The topological polar surface area (TPSA) is 0 Å². The van der Waals surface area contributed by atoms with E-state index in [2.05, 4.69) is 64.1 Å². The molecular weight excluding hydrogens is 307 g/mol. The second-order valence-corrected chi connectivity index (χ2v) is 7.15. The summed E-state index contributed by atoms with van der Waals surface area (Å²) >= 11 is 1.56. The van der Waals surface area contributed by atoms with E-state index in [1.54, 1.807) is 33.6 Å². The van der Waals surface area contributed by atoms with Crippen molar-refractivity contribution in [1.29, 1.82) is 0 Å². The Hall–Kier alpha value is -0.677. The van der Waals surface area contributed by atoms with Gasteiger partial charge in [-0.2, -0.15) is 0 Å². The maximum absolute atomic E-state index is 2.43. The molecule has 0 nitrogen and oxygen atoms in total. The van der Waals surface area contributed by atoms with Crippen LogP contribution in [0.3, 0.4) is 0 Å². The minimum atomic E-state index is 0.190. The molecule has 2 aliphatic rings. The molecule has 2 aliphatic carbocycles. The SMILES string of the molecule is CC1=C(C)C(C)(C2C=Cc3ccccc32)[C]([Zr])=C1C. The van der Waals surface area contributed by atoms with E-state index in [9.17, 15) is 0 Å². The summed E-state index contributed by atoms with van der Waals surface area (Å²) in [5, 5.41) is 0. The Balaban J connectivity index is 2.18. The third-order valence-electron chi connectivity index (χ3n) is 5.22. The van der Waals surface area contributed by atoms with Crippen LogP contribution >= 0.6 is 0 Å². The second-order valence-electron chi connectivity index (χ2n) is 5.92. The summed E-state index contributed by atoms with van der Waals surface area (Å²) in [4.78, 5) is 0. The summed E-state index contributed by atoms with van der Waals surface area (Å²) in [5.41, 5.74) is 7.67. The Morgan fingerprint density at radius 2 is 1.74 bits per heavy atom. The van der Waals surface area contributed by atoms with E-state index >= 15 is 0 Å². The standard InChI is InChI=1S/C18H19.Zr/c1-12-11-18(4,14(3)13(12)2)17-10-9-15-7-5-6-8-16(15)17;/h5-10,17H,1-4H3;. The van der Waals surface area contributed by atoms with Gasteiger partial charge < -0.3 is 0 Å². The fourth-order valence-corrected chi connectivity index (χ4v) is 4.88. The molecule has 0 radical (unpaired) electrons. The van der Waals surface area contributed by atoms with Gasteiger partial charge in [0.15, 0.2) is 0 Å².